The maximum atomic E-state index is 12.0. The fourth-order valence-corrected chi connectivity index (χ4v) is 2.66. The van der Waals surface area contributed by atoms with Crippen molar-refractivity contribution in [2.75, 3.05) is 20.1 Å². The topological polar surface area (TPSA) is 87.5 Å². The quantitative estimate of drug-likeness (QED) is 0.811. The van der Waals surface area contributed by atoms with Gasteiger partial charge in [-0.15, -0.1) is 0 Å². The number of rotatable bonds is 7. The van der Waals surface area contributed by atoms with Crippen molar-refractivity contribution in [2.45, 2.75) is 26.8 Å². The highest BCUT2D eigenvalue weighted by molar-refractivity contribution is 5.76. The molecular weight excluding hydrogens is 308 g/mol. The normalized spacial score (nSPS) is 12.1. The molecule has 0 aliphatic carbocycles. The highest BCUT2D eigenvalue weighted by atomic mass is 16.4. The minimum absolute atomic E-state index is 0.175. The van der Waals surface area contributed by atoms with Gasteiger partial charge in [0.15, 0.2) is 0 Å². The van der Waals surface area contributed by atoms with Crippen LogP contribution in [0, 0.1) is 5.92 Å². The fraction of sp³-hybridized carbons (Fsp3) is 0.471. The Balaban J connectivity index is 1.92. The van der Waals surface area contributed by atoms with E-state index in [4.69, 9.17) is 5.11 Å². The molecule has 2 N–H and O–H groups in total. The molecule has 7 heteroatoms. The van der Waals surface area contributed by atoms with Crippen LogP contribution in [-0.2, 0) is 17.8 Å². The largest absolute Gasteiger partial charge is 0.481 e. The number of para-hydroxylation sites is 2. The van der Waals surface area contributed by atoms with Gasteiger partial charge in [-0.25, -0.2) is 9.78 Å². The molecule has 2 aromatic rings. The lowest BCUT2D eigenvalue weighted by Gasteiger charge is -2.20. The van der Waals surface area contributed by atoms with Crippen molar-refractivity contribution < 1.29 is 14.7 Å². The van der Waals surface area contributed by atoms with Gasteiger partial charge in [-0.3, -0.25) is 4.79 Å². The van der Waals surface area contributed by atoms with Crippen LogP contribution < -0.4 is 5.32 Å². The second kappa shape index (κ2) is 7.81. The number of amides is 2. The molecule has 0 fully saturated rings. The first kappa shape index (κ1) is 17.8. The Morgan fingerprint density at radius 1 is 1.38 bits per heavy atom. The van der Waals surface area contributed by atoms with E-state index in [2.05, 4.69) is 21.8 Å². The summed E-state index contributed by atoms with van der Waals surface area (Å²) < 4.78 is 2.14. The van der Waals surface area contributed by atoms with E-state index in [0.717, 1.165) is 23.4 Å². The molecule has 0 spiro atoms. The van der Waals surface area contributed by atoms with Crippen molar-refractivity contribution in [1.82, 2.24) is 19.8 Å². The van der Waals surface area contributed by atoms with Crippen LogP contribution in [0.5, 0.6) is 0 Å². The third-order valence-electron chi connectivity index (χ3n) is 3.99. The second-order valence-corrected chi connectivity index (χ2v) is 5.86. The van der Waals surface area contributed by atoms with E-state index in [1.807, 2.05) is 24.3 Å². The van der Waals surface area contributed by atoms with E-state index < -0.39 is 11.9 Å². The lowest BCUT2D eigenvalue weighted by molar-refractivity contribution is -0.141. The predicted octanol–water partition coefficient (Wildman–Crippen LogP) is 1.96. The summed E-state index contributed by atoms with van der Waals surface area (Å²) in [5.74, 6) is -0.572. The summed E-state index contributed by atoms with van der Waals surface area (Å²) in [5, 5.41) is 11.7. The molecule has 0 bridgehead atoms. The minimum atomic E-state index is -0.911. The molecule has 1 unspecified atom stereocenters. The lowest BCUT2D eigenvalue weighted by Crippen LogP contribution is -2.41. The molecule has 0 saturated carbocycles. The molecule has 2 amide bonds. The number of carbonyl (C=O) groups excluding carboxylic acids is 1. The number of nitrogens with one attached hydrogen (secondary N) is 1. The number of hydrogen-bond acceptors (Lipinski definition) is 3. The van der Waals surface area contributed by atoms with Crippen molar-refractivity contribution in [3.63, 3.8) is 0 Å². The number of carboxylic acid groups (broad SMARTS) is 1. The molecule has 2 rings (SSSR count). The van der Waals surface area contributed by atoms with Crippen molar-refractivity contribution in [2.24, 2.45) is 5.92 Å². The van der Waals surface area contributed by atoms with Crippen molar-refractivity contribution in [1.29, 1.82) is 0 Å². The number of imidazole rings is 1. The summed E-state index contributed by atoms with van der Waals surface area (Å²) in [4.78, 5) is 28.9. The van der Waals surface area contributed by atoms with Gasteiger partial charge >= 0.3 is 12.0 Å². The molecule has 1 aromatic carbocycles. The van der Waals surface area contributed by atoms with Gasteiger partial charge in [0.25, 0.3) is 0 Å². The lowest BCUT2D eigenvalue weighted by atomic mass is 10.2. The number of nitrogens with zero attached hydrogens (tertiary/aromatic N) is 3. The predicted molar refractivity (Wildman–Crippen MR) is 91.9 cm³/mol. The monoisotopic (exact) mass is 332 g/mol. The molecule has 1 aromatic heterocycles. The Kier molecular flexibility index (Phi) is 5.78. The van der Waals surface area contributed by atoms with Crippen LogP contribution in [0.3, 0.4) is 0 Å². The maximum Gasteiger partial charge on any atom is 0.317 e. The number of fused-ring (bicyclic) bond motifs is 1. The number of carboxylic acids is 1. The SMILES string of the molecule is CCn1c(CCNC(=O)N(C)CC(C)C(=O)O)nc2ccccc21. The fourth-order valence-electron chi connectivity index (χ4n) is 2.66. The summed E-state index contributed by atoms with van der Waals surface area (Å²) in [7, 11) is 1.59. The highest BCUT2D eigenvalue weighted by Crippen LogP contribution is 2.16. The number of aromatic nitrogens is 2. The minimum Gasteiger partial charge on any atom is -0.481 e. The van der Waals surface area contributed by atoms with Crippen molar-refractivity contribution >= 4 is 23.0 Å². The number of carbonyl (C=O) groups is 2. The Morgan fingerprint density at radius 2 is 2.08 bits per heavy atom. The first-order valence-corrected chi connectivity index (χ1v) is 8.10. The highest BCUT2D eigenvalue weighted by Gasteiger charge is 2.17. The standard InChI is InChI=1S/C17H24N4O3/c1-4-21-14-8-6-5-7-13(14)19-15(21)9-10-18-17(24)20(3)11-12(2)16(22)23/h5-8,12H,4,9-11H2,1-3H3,(H,18,24)(H,22,23). The van der Waals surface area contributed by atoms with Crippen LogP contribution in [0.2, 0.25) is 0 Å². The zero-order valence-electron chi connectivity index (χ0n) is 14.3. The summed E-state index contributed by atoms with van der Waals surface area (Å²) >= 11 is 0. The summed E-state index contributed by atoms with van der Waals surface area (Å²) in [6.45, 7) is 5.09. The van der Waals surface area contributed by atoms with Crippen LogP contribution in [0.4, 0.5) is 4.79 Å². The second-order valence-electron chi connectivity index (χ2n) is 5.86. The van der Waals surface area contributed by atoms with Crippen molar-refractivity contribution in [3.8, 4) is 0 Å². The van der Waals surface area contributed by atoms with Gasteiger partial charge in [-0.1, -0.05) is 19.1 Å². The third-order valence-corrected chi connectivity index (χ3v) is 3.99. The Morgan fingerprint density at radius 3 is 2.75 bits per heavy atom. The van der Waals surface area contributed by atoms with E-state index >= 15 is 0 Å². The van der Waals surface area contributed by atoms with Crippen LogP contribution in [0.1, 0.15) is 19.7 Å². The number of aliphatic carboxylic acids is 1. The van der Waals surface area contributed by atoms with E-state index in [1.165, 1.54) is 4.90 Å². The van der Waals surface area contributed by atoms with Crippen LogP contribution in [0.25, 0.3) is 11.0 Å². The van der Waals surface area contributed by atoms with Crippen LogP contribution in [0.15, 0.2) is 24.3 Å². The number of benzene rings is 1. The number of aryl methyl sites for hydroxylation is 1. The van der Waals surface area contributed by atoms with E-state index in [9.17, 15) is 9.59 Å². The molecule has 7 nitrogen and oxygen atoms in total. The average molecular weight is 332 g/mol. The third kappa shape index (κ3) is 4.04. The van der Waals surface area contributed by atoms with Crippen LogP contribution in [-0.4, -0.2) is 51.7 Å². The summed E-state index contributed by atoms with van der Waals surface area (Å²) in [6.07, 6.45) is 0.622. The summed E-state index contributed by atoms with van der Waals surface area (Å²) in [6, 6.07) is 7.68. The van der Waals surface area contributed by atoms with Gasteiger partial charge in [-0.05, 0) is 19.1 Å². The zero-order chi connectivity index (χ0) is 17.7. The molecular formula is C17H24N4O3. The Labute approximate surface area is 141 Å². The molecule has 1 atom stereocenters. The molecule has 1 heterocycles. The van der Waals surface area contributed by atoms with Gasteiger partial charge < -0.3 is 19.9 Å². The Bertz CT molecular complexity index is 726. The van der Waals surface area contributed by atoms with Crippen LogP contribution >= 0.6 is 0 Å². The number of urea groups is 1. The van der Waals surface area contributed by atoms with Gasteiger partial charge in [-0.2, -0.15) is 0 Å². The van der Waals surface area contributed by atoms with E-state index in [-0.39, 0.29) is 12.6 Å². The van der Waals surface area contributed by atoms with Gasteiger partial charge in [0.2, 0.25) is 0 Å². The molecule has 130 valence electrons. The molecule has 0 radical (unpaired) electrons. The smallest absolute Gasteiger partial charge is 0.317 e. The van der Waals surface area contributed by atoms with E-state index in [1.54, 1.807) is 14.0 Å². The average Bonchev–Trinajstić information content (AvgIpc) is 2.91. The summed E-state index contributed by atoms with van der Waals surface area (Å²) in [5.41, 5.74) is 2.04. The first-order chi connectivity index (χ1) is 11.4. The molecule has 24 heavy (non-hydrogen) atoms. The van der Waals surface area contributed by atoms with Gasteiger partial charge in [0.1, 0.15) is 5.82 Å². The Hall–Kier alpha value is -2.57. The molecule has 0 aliphatic rings. The molecule has 0 aliphatic heterocycles. The van der Waals surface area contributed by atoms with Gasteiger partial charge in [0, 0.05) is 33.1 Å². The number of hydrogen-bond donors (Lipinski definition) is 2. The molecule has 0 saturated heterocycles. The van der Waals surface area contributed by atoms with Crippen molar-refractivity contribution in [3.05, 3.63) is 30.1 Å². The maximum absolute atomic E-state index is 12.0. The first-order valence-electron chi connectivity index (χ1n) is 8.10. The van der Waals surface area contributed by atoms with E-state index in [0.29, 0.717) is 13.0 Å². The zero-order valence-corrected chi connectivity index (χ0v) is 14.3. The van der Waals surface area contributed by atoms with Gasteiger partial charge in [0.05, 0.1) is 17.0 Å².